The third kappa shape index (κ3) is 3.82. The fourth-order valence-electron chi connectivity index (χ4n) is 4.87. The maximum absolute atomic E-state index is 13.4. The van der Waals surface area contributed by atoms with Crippen molar-refractivity contribution in [2.75, 3.05) is 13.1 Å². The van der Waals surface area contributed by atoms with Crippen molar-refractivity contribution in [3.05, 3.63) is 40.9 Å². The molecule has 1 aromatic rings. The van der Waals surface area contributed by atoms with Gasteiger partial charge in [-0.3, -0.25) is 4.79 Å². The number of ketones is 1. The van der Waals surface area contributed by atoms with E-state index in [0.717, 1.165) is 16.6 Å². The van der Waals surface area contributed by atoms with Crippen molar-refractivity contribution in [1.29, 1.82) is 0 Å². The van der Waals surface area contributed by atoms with Crippen LogP contribution in [-0.4, -0.2) is 49.9 Å². The van der Waals surface area contributed by atoms with Gasteiger partial charge < -0.3 is 9.31 Å². The summed E-state index contributed by atoms with van der Waals surface area (Å²) in [7, 11) is -4.15. The van der Waals surface area contributed by atoms with Crippen LogP contribution < -0.4 is 0 Å². The fraction of sp³-hybridized carbons (Fsp3) is 0.609. The van der Waals surface area contributed by atoms with Crippen molar-refractivity contribution in [3.8, 4) is 0 Å². The number of carbonyl (C=O) groups is 1. The second-order valence-electron chi connectivity index (χ2n) is 10.1. The highest BCUT2D eigenvalue weighted by atomic mass is 32.2. The first kappa shape index (κ1) is 22.7. The fourth-order valence-corrected chi connectivity index (χ4v) is 6.31. The predicted molar refractivity (Wildman–Crippen MR) is 120 cm³/mol. The molecule has 0 N–H and O–H groups in total. The van der Waals surface area contributed by atoms with Gasteiger partial charge in [-0.25, -0.2) is 8.42 Å². The van der Waals surface area contributed by atoms with E-state index in [2.05, 4.69) is 0 Å². The van der Waals surface area contributed by atoms with Crippen LogP contribution in [0, 0.1) is 18.8 Å². The third-order valence-corrected chi connectivity index (χ3v) is 9.36. The molecule has 0 radical (unpaired) electrons. The number of allylic oxidation sites excluding steroid dienone is 1. The van der Waals surface area contributed by atoms with Gasteiger partial charge in [0.1, 0.15) is 5.78 Å². The third-order valence-electron chi connectivity index (χ3n) is 7.54. The highest BCUT2D eigenvalue weighted by Gasteiger charge is 2.55. The van der Waals surface area contributed by atoms with Crippen LogP contribution in [0.15, 0.2) is 40.2 Å². The van der Waals surface area contributed by atoms with Gasteiger partial charge in [-0.15, -0.1) is 0 Å². The van der Waals surface area contributed by atoms with Crippen LogP contribution in [0.5, 0.6) is 0 Å². The molecule has 8 heteroatoms. The second-order valence-corrected chi connectivity index (χ2v) is 12.0. The van der Waals surface area contributed by atoms with Crippen molar-refractivity contribution in [2.45, 2.75) is 70.5 Å². The molecule has 168 valence electrons. The maximum atomic E-state index is 13.4. The minimum absolute atomic E-state index is 0.116. The summed E-state index contributed by atoms with van der Waals surface area (Å²) < 4.78 is 40.8. The minimum atomic E-state index is -3.65. The molecule has 31 heavy (non-hydrogen) atoms. The lowest BCUT2D eigenvalue weighted by molar-refractivity contribution is -0.122. The molecular weight excluding hydrogens is 413 g/mol. The van der Waals surface area contributed by atoms with Crippen LogP contribution in [0.25, 0.3) is 0 Å². The van der Waals surface area contributed by atoms with Gasteiger partial charge >= 0.3 is 7.12 Å². The van der Waals surface area contributed by atoms with Crippen LogP contribution in [0.1, 0.15) is 53.0 Å². The largest absolute Gasteiger partial charge is 0.490 e. The minimum Gasteiger partial charge on any atom is -0.400 e. The van der Waals surface area contributed by atoms with E-state index in [0.29, 0.717) is 19.4 Å². The van der Waals surface area contributed by atoms with Gasteiger partial charge in [0, 0.05) is 24.9 Å². The van der Waals surface area contributed by atoms with Crippen molar-refractivity contribution in [2.24, 2.45) is 11.8 Å². The number of benzene rings is 1. The zero-order valence-corrected chi connectivity index (χ0v) is 20.1. The maximum Gasteiger partial charge on any atom is 0.490 e. The summed E-state index contributed by atoms with van der Waals surface area (Å²) in [5, 5.41) is 0. The van der Waals surface area contributed by atoms with Crippen LogP contribution in [0.4, 0.5) is 0 Å². The van der Waals surface area contributed by atoms with Crippen molar-refractivity contribution in [1.82, 2.24) is 4.31 Å². The lowest BCUT2D eigenvalue weighted by atomic mass is 9.63. The first-order valence-corrected chi connectivity index (χ1v) is 12.4. The Balaban J connectivity index is 1.71. The van der Waals surface area contributed by atoms with Gasteiger partial charge in [0.25, 0.3) is 0 Å². The second kappa shape index (κ2) is 7.54. The molecule has 3 aliphatic rings. The molecule has 0 spiro atoms. The van der Waals surface area contributed by atoms with Gasteiger partial charge in [-0.05, 0) is 72.0 Å². The first-order chi connectivity index (χ1) is 14.3. The van der Waals surface area contributed by atoms with Crippen molar-refractivity contribution >= 4 is 22.9 Å². The van der Waals surface area contributed by atoms with E-state index in [4.69, 9.17) is 9.31 Å². The summed E-state index contributed by atoms with van der Waals surface area (Å²) >= 11 is 0. The highest BCUT2D eigenvalue weighted by Crippen LogP contribution is 2.46. The van der Waals surface area contributed by atoms with Crippen molar-refractivity contribution in [3.63, 3.8) is 0 Å². The Labute approximate surface area is 186 Å². The molecule has 4 rings (SSSR count). The van der Waals surface area contributed by atoms with E-state index < -0.39 is 28.3 Å². The van der Waals surface area contributed by atoms with E-state index >= 15 is 0 Å². The molecule has 2 aliphatic heterocycles. The van der Waals surface area contributed by atoms with Crippen LogP contribution in [-0.2, 0) is 24.1 Å². The smallest absolute Gasteiger partial charge is 0.400 e. The number of fused-ring (bicyclic) bond motifs is 1. The van der Waals surface area contributed by atoms with Gasteiger partial charge in [-0.2, -0.15) is 4.31 Å². The average molecular weight is 445 g/mol. The summed E-state index contributed by atoms with van der Waals surface area (Å²) in [5.41, 5.74) is 2.09. The summed E-state index contributed by atoms with van der Waals surface area (Å²) in [4.78, 5) is 12.7. The molecule has 1 aromatic carbocycles. The van der Waals surface area contributed by atoms with E-state index in [1.165, 1.54) is 4.31 Å². The molecule has 2 fully saturated rings. The first-order valence-electron chi connectivity index (χ1n) is 11.0. The Morgan fingerprint density at radius 1 is 1.10 bits per heavy atom. The summed E-state index contributed by atoms with van der Waals surface area (Å²) in [5.74, 6) is -0.176. The normalized spacial score (nSPS) is 28.1. The number of sulfonamides is 1. The van der Waals surface area contributed by atoms with Gasteiger partial charge in [0.05, 0.1) is 16.1 Å². The SMILES string of the molecule is CC(=O)[C@@H]1CCC(B2OC(C)(C)C(C)(C)O2)=C2CN(S(=O)(=O)c3ccc(C)cc3)C[C@@H]21. The molecule has 0 unspecified atom stereocenters. The lowest BCUT2D eigenvalue weighted by Gasteiger charge is -2.32. The molecule has 0 aromatic heterocycles. The zero-order valence-electron chi connectivity index (χ0n) is 19.3. The summed E-state index contributed by atoms with van der Waals surface area (Å²) in [6.45, 7) is 12.2. The Bertz CT molecular complexity index is 1010. The Hall–Kier alpha value is -1.48. The zero-order chi connectivity index (χ0) is 22.8. The number of aryl methyl sites for hydroxylation is 1. The van der Waals surface area contributed by atoms with Crippen LogP contribution >= 0.6 is 0 Å². The standard InChI is InChI=1S/C23H32BNO5S/c1-15-7-9-17(10-8-15)31(27,28)25-13-19-18(16(2)26)11-12-21(20(19)14-25)24-29-22(3,4)23(5,6)30-24/h7-10,18-19H,11-14H2,1-6H3/t18-,19+/m0/s1. The van der Waals surface area contributed by atoms with E-state index in [9.17, 15) is 13.2 Å². The number of nitrogens with zero attached hydrogens (tertiary/aromatic N) is 1. The number of hydrogen-bond acceptors (Lipinski definition) is 5. The Morgan fingerprint density at radius 3 is 2.23 bits per heavy atom. The average Bonchev–Trinajstić information content (AvgIpc) is 3.20. The molecule has 0 amide bonds. The monoisotopic (exact) mass is 445 g/mol. The van der Waals surface area contributed by atoms with Gasteiger partial charge in [0.15, 0.2) is 0 Å². The number of carbonyl (C=O) groups excluding carboxylic acids is 1. The van der Waals surface area contributed by atoms with Gasteiger partial charge in [0.2, 0.25) is 10.0 Å². The molecule has 0 saturated carbocycles. The molecule has 2 saturated heterocycles. The van der Waals surface area contributed by atoms with E-state index in [1.54, 1.807) is 19.1 Å². The van der Waals surface area contributed by atoms with Crippen molar-refractivity contribution < 1.29 is 22.5 Å². The summed E-state index contributed by atoms with van der Waals surface area (Å²) in [6, 6.07) is 6.92. The highest BCUT2D eigenvalue weighted by molar-refractivity contribution is 7.89. The van der Waals surface area contributed by atoms with Crippen LogP contribution in [0.3, 0.4) is 0 Å². The Morgan fingerprint density at radius 2 is 1.68 bits per heavy atom. The Kier molecular flexibility index (Phi) is 5.53. The van der Waals surface area contributed by atoms with Gasteiger partial charge in [-0.1, -0.05) is 23.3 Å². The molecule has 2 atom stereocenters. The van der Waals surface area contributed by atoms with E-state index in [-0.39, 0.29) is 29.1 Å². The van der Waals surface area contributed by atoms with Crippen LogP contribution in [0.2, 0.25) is 0 Å². The molecule has 2 heterocycles. The predicted octanol–water partition coefficient (Wildman–Crippen LogP) is 3.54. The molecule has 6 nitrogen and oxygen atoms in total. The molecular formula is C23H32BNO5S. The number of rotatable bonds is 4. The van der Waals surface area contributed by atoms with E-state index in [1.807, 2.05) is 46.8 Å². The quantitative estimate of drug-likeness (QED) is 0.663. The number of Topliss-reactive ketones (excluding diaryl/α,β-unsaturated/α-hetero) is 1. The topological polar surface area (TPSA) is 72.9 Å². The number of hydrogen-bond donors (Lipinski definition) is 0. The molecule has 0 bridgehead atoms. The lowest BCUT2D eigenvalue weighted by Crippen LogP contribution is -2.41. The molecule has 1 aliphatic carbocycles. The summed E-state index contributed by atoms with van der Waals surface area (Å²) in [6.07, 6.45) is 1.38.